The van der Waals surface area contributed by atoms with Crippen LogP contribution in [0.1, 0.15) is 5.56 Å². The van der Waals surface area contributed by atoms with E-state index in [1.807, 2.05) is 4.72 Å². The first-order chi connectivity index (χ1) is 16.0. The zero-order chi connectivity index (χ0) is 24.7. The van der Waals surface area contributed by atoms with Crippen molar-refractivity contribution in [3.8, 4) is 0 Å². The van der Waals surface area contributed by atoms with Crippen LogP contribution in [-0.2, 0) is 40.6 Å². The number of halogens is 3. The third-order valence-corrected chi connectivity index (χ3v) is 6.56. The number of nitrogens with one attached hydrogen (secondary N) is 1. The highest BCUT2D eigenvalue weighted by Gasteiger charge is 2.67. The van der Waals surface area contributed by atoms with Crippen molar-refractivity contribution in [1.29, 1.82) is 0 Å². The van der Waals surface area contributed by atoms with E-state index in [0.29, 0.717) is 10.7 Å². The molecule has 2 aromatic carbocycles. The number of esters is 2. The molecule has 0 saturated carbocycles. The lowest BCUT2D eigenvalue weighted by Gasteiger charge is -2.40. The van der Waals surface area contributed by atoms with E-state index in [-0.39, 0.29) is 9.92 Å². The summed E-state index contributed by atoms with van der Waals surface area (Å²) in [6.45, 7) is -1.14. The van der Waals surface area contributed by atoms with Crippen LogP contribution in [0.25, 0.3) is 0 Å². The van der Waals surface area contributed by atoms with Crippen LogP contribution in [0, 0.1) is 11.6 Å². The van der Waals surface area contributed by atoms with E-state index < -0.39 is 57.2 Å². The van der Waals surface area contributed by atoms with Crippen LogP contribution in [0.3, 0.4) is 0 Å². The third kappa shape index (κ3) is 3.90. The molecule has 178 valence electrons. The molecule has 1 atom stereocenters. The van der Waals surface area contributed by atoms with E-state index in [1.54, 1.807) is 0 Å². The average Bonchev–Trinajstić information content (AvgIpc) is 3.42. The maximum Gasteiger partial charge on any atom is 0.422 e. The van der Waals surface area contributed by atoms with Crippen LogP contribution < -0.4 is 4.72 Å². The molecule has 1 aliphatic rings. The number of hydrogen-bond acceptors (Lipinski definition) is 9. The number of aliphatic hydroxyl groups is 1. The molecule has 2 heterocycles. The van der Waals surface area contributed by atoms with Crippen molar-refractivity contribution in [2.45, 2.75) is 16.4 Å². The van der Waals surface area contributed by atoms with Crippen LogP contribution >= 0.6 is 11.6 Å². The van der Waals surface area contributed by atoms with Crippen molar-refractivity contribution in [3.05, 3.63) is 77.3 Å². The number of nitrogens with zero attached hydrogens (tertiary/aromatic N) is 3. The van der Waals surface area contributed by atoms with Gasteiger partial charge in [-0.25, -0.2) is 36.5 Å². The first-order valence-electron chi connectivity index (χ1n) is 9.23. The quantitative estimate of drug-likeness (QED) is 0.344. The number of ether oxygens (including phenoxy) is 2. The average molecular weight is 515 g/mol. The predicted molar refractivity (Wildman–Crippen MR) is 107 cm³/mol. The number of benzene rings is 2. The molecular formula is C19H13ClF2N4O7S. The van der Waals surface area contributed by atoms with E-state index in [4.69, 9.17) is 21.1 Å². The molecule has 0 spiro atoms. The predicted octanol–water partition coefficient (Wildman–Crippen LogP) is 0.786. The summed E-state index contributed by atoms with van der Waals surface area (Å²) in [4.78, 5) is 27.3. The third-order valence-electron chi connectivity index (χ3n) is 4.89. The second-order valence-corrected chi connectivity index (χ2v) is 9.17. The fourth-order valence-corrected chi connectivity index (χ4v) is 4.45. The SMILES string of the molecule is O=C1OC(n2cncn2)(C(O)(CNS(=O)(=O)c2ccc(Cl)cc2)c2ccc(F)cc2F)OC1=O. The number of rotatable bonds is 7. The monoisotopic (exact) mass is 514 g/mol. The number of hydrogen-bond donors (Lipinski definition) is 2. The molecule has 1 saturated heterocycles. The Hall–Kier alpha value is -3.46. The number of aromatic nitrogens is 3. The number of carbonyl (C=O) groups excluding carboxylic acids is 2. The van der Waals surface area contributed by atoms with Crippen molar-refractivity contribution in [2.24, 2.45) is 0 Å². The van der Waals surface area contributed by atoms with Gasteiger partial charge in [-0.3, -0.25) is 0 Å². The van der Waals surface area contributed by atoms with E-state index in [2.05, 4.69) is 10.1 Å². The van der Waals surface area contributed by atoms with Crippen molar-refractivity contribution in [1.82, 2.24) is 19.5 Å². The van der Waals surface area contributed by atoms with E-state index in [9.17, 15) is 31.9 Å². The second kappa shape index (κ2) is 8.39. The van der Waals surface area contributed by atoms with Crippen LogP contribution in [0.4, 0.5) is 8.78 Å². The van der Waals surface area contributed by atoms with Gasteiger partial charge in [0.2, 0.25) is 15.6 Å². The lowest BCUT2D eigenvalue weighted by atomic mass is 9.89. The topological polar surface area (TPSA) is 150 Å². The van der Waals surface area contributed by atoms with Gasteiger partial charge in [0.05, 0.1) is 11.4 Å². The fraction of sp³-hybridized carbons (Fsp3) is 0.158. The highest BCUT2D eigenvalue weighted by molar-refractivity contribution is 7.89. The van der Waals surface area contributed by atoms with Crippen LogP contribution in [0.5, 0.6) is 0 Å². The van der Waals surface area contributed by atoms with Gasteiger partial charge in [0, 0.05) is 16.7 Å². The molecule has 0 aliphatic carbocycles. The Kier molecular flexibility index (Phi) is 5.85. The van der Waals surface area contributed by atoms with Gasteiger partial charge in [-0.1, -0.05) is 11.6 Å². The Morgan fingerprint density at radius 2 is 1.76 bits per heavy atom. The molecule has 1 aliphatic heterocycles. The van der Waals surface area contributed by atoms with Gasteiger partial charge < -0.3 is 14.6 Å². The minimum absolute atomic E-state index is 0.249. The fourth-order valence-electron chi connectivity index (χ4n) is 3.27. The van der Waals surface area contributed by atoms with Crippen LogP contribution in [0.15, 0.2) is 60.0 Å². The van der Waals surface area contributed by atoms with Gasteiger partial charge >= 0.3 is 17.8 Å². The van der Waals surface area contributed by atoms with Crippen molar-refractivity contribution in [3.63, 3.8) is 0 Å². The molecular weight excluding hydrogens is 502 g/mol. The first kappa shape index (κ1) is 23.7. The Balaban J connectivity index is 1.86. The summed E-state index contributed by atoms with van der Waals surface area (Å²) in [6.07, 6.45) is 1.78. The zero-order valence-electron chi connectivity index (χ0n) is 16.7. The van der Waals surface area contributed by atoms with Crippen LogP contribution in [-0.4, -0.2) is 46.8 Å². The van der Waals surface area contributed by atoms with E-state index >= 15 is 0 Å². The molecule has 2 N–H and O–H groups in total. The van der Waals surface area contributed by atoms with Gasteiger partial charge in [0.1, 0.15) is 24.3 Å². The summed E-state index contributed by atoms with van der Waals surface area (Å²) >= 11 is 5.77. The smallest absolute Gasteiger partial charge is 0.391 e. The maximum atomic E-state index is 14.9. The van der Waals surface area contributed by atoms with Gasteiger partial charge in [-0.05, 0) is 36.4 Å². The molecule has 0 bridgehead atoms. The lowest BCUT2D eigenvalue weighted by Crippen LogP contribution is -2.60. The minimum Gasteiger partial charge on any atom is -0.391 e. The molecule has 1 fully saturated rings. The Morgan fingerprint density at radius 1 is 1.12 bits per heavy atom. The van der Waals surface area contributed by atoms with E-state index in [1.165, 1.54) is 12.1 Å². The molecule has 11 nitrogen and oxygen atoms in total. The van der Waals surface area contributed by atoms with Gasteiger partial charge in [-0.15, -0.1) is 0 Å². The summed E-state index contributed by atoms with van der Waals surface area (Å²) in [5, 5.41) is 15.7. The minimum atomic E-state index is -4.38. The summed E-state index contributed by atoms with van der Waals surface area (Å²) in [5.74, 6) is -8.51. The first-order valence-corrected chi connectivity index (χ1v) is 11.1. The summed E-state index contributed by atoms with van der Waals surface area (Å²) < 4.78 is 66.7. The van der Waals surface area contributed by atoms with Crippen molar-refractivity contribution < 1.29 is 41.4 Å². The second-order valence-electron chi connectivity index (χ2n) is 6.96. The normalized spacial score (nSPS) is 17.2. The zero-order valence-corrected chi connectivity index (χ0v) is 18.3. The summed E-state index contributed by atoms with van der Waals surface area (Å²) in [6, 6.07) is 6.81. The molecule has 4 rings (SSSR count). The molecule has 34 heavy (non-hydrogen) atoms. The summed E-state index contributed by atoms with van der Waals surface area (Å²) in [5.41, 5.74) is -3.80. The largest absolute Gasteiger partial charge is 0.422 e. The number of cyclic esters (lactones) is 2. The Morgan fingerprint density at radius 3 is 2.32 bits per heavy atom. The molecule has 0 radical (unpaired) electrons. The van der Waals surface area contributed by atoms with Gasteiger partial charge in [0.25, 0.3) is 0 Å². The van der Waals surface area contributed by atoms with E-state index in [0.717, 1.165) is 36.9 Å². The molecule has 1 unspecified atom stereocenters. The van der Waals surface area contributed by atoms with Crippen LogP contribution in [0.2, 0.25) is 5.02 Å². The van der Waals surface area contributed by atoms with Gasteiger partial charge in [-0.2, -0.15) is 9.78 Å². The molecule has 3 aromatic rings. The van der Waals surface area contributed by atoms with Crippen molar-refractivity contribution >= 4 is 33.6 Å². The lowest BCUT2D eigenvalue weighted by molar-refractivity contribution is -0.320. The van der Waals surface area contributed by atoms with Crippen molar-refractivity contribution in [2.75, 3.05) is 6.54 Å². The van der Waals surface area contributed by atoms with Gasteiger partial charge in [0.15, 0.2) is 0 Å². The molecule has 15 heteroatoms. The molecule has 0 amide bonds. The summed E-state index contributed by atoms with van der Waals surface area (Å²) in [7, 11) is -4.38. The Labute approximate surface area is 194 Å². The Bertz CT molecular complexity index is 1350. The number of sulfonamides is 1. The highest BCUT2D eigenvalue weighted by atomic mass is 35.5. The highest BCUT2D eigenvalue weighted by Crippen LogP contribution is 2.44. The number of carbonyl (C=O) groups is 2. The molecule has 1 aromatic heterocycles. The standard InChI is InChI=1S/C19H13ClF2N4O7S/c20-11-1-4-13(5-2-11)34(30,31)25-8-18(29,14-6-3-12(21)7-15(14)22)19(26-10-23-9-24-26)32-16(27)17(28)33-19/h1-7,9-10,25,29H,8H2. The maximum absolute atomic E-state index is 14.9.